The van der Waals surface area contributed by atoms with Crippen molar-refractivity contribution in [1.29, 1.82) is 0 Å². The second-order valence-corrected chi connectivity index (χ2v) is 7.27. The first-order valence-corrected chi connectivity index (χ1v) is 9.08. The Labute approximate surface area is 146 Å². The fourth-order valence-corrected chi connectivity index (χ4v) is 4.04. The van der Waals surface area contributed by atoms with E-state index in [1.807, 2.05) is 18.2 Å². The molecule has 0 aliphatic heterocycles. The van der Waals surface area contributed by atoms with Gasteiger partial charge in [-0.25, -0.2) is 9.37 Å². The van der Waals surface area contributed by atoms with E-state index in [2.05, 4.69) is 9.97 Å². The number of halogens is 1. The smallest absolute Gasteiger partial charge is 0.126 e. The van der Waals surface area contributed by atoms with Gasteiger partial charge in [0.2, 0.25) is 0 Å². The highest BCUT2D eigenvalue weighted by molar-refractivity contribution is 5.76. The molecule has 0 saturated heterocycles. The molecule has 0 unspecified atom stereocenters. The molecule has 0 radical (unpaired) electrons. The van der Waals surface area contributed by atoms with Gasteiger partial charge in [0.05, 0.1) is 11.0 Å². The second kappa shape index (κ2) is 6.87. The van der Waals surface area contributed by atoms with Gasteiger partial charge in [-0.1, -0.05) is 18.2 Å². The van der Waals surface area contributed by atoms with Crippen LogP contribution in [0.2, 0.25) is 0 Å². The fourth-order valence-electron chi connectivity index (χ4n) is 4.04. The molecule has 3 nitrogen and oxygen atoms in total. The minimum atomic E-state index is -0.0739. The van der Waals surface area contributed by atoms with E-state index in [0.29, 0.717) is 11.8 Å². The molecule has 1 aliphatic rings. The van der Waals surface area contributed by atoms with Crippen molar-refractivity contribution in [2.24, 2.45) is 11.8 Å². The van der Waals surface area contributed by atoms with E-state index in [4.69, 9.17) is 0 Å². The van der Waals surface area contributed by atoms with Crippen LogP contribution in [0.5, 0.6) is 5.75 Å². The van der Waals surface area contributed by atoms with Gasteiger partial charge in [-0.15, -0.1) is 0 Å². The van der Waals surface area contributed by atoms with Crippen molar-refractivity contribution in [3.63, 3.8) is 0 Å². The van der Waals surface area contributed by atoms with Crippen molar-refractivity contribution in [3.8, 4) is 5.75 Å². The summed E-state index contributed by atoms with van der Waals surface area (Å²) >= 11 is 0. The lowest BCUT2D eigenvalue weighted by Crippen LogP contribution is -2.18. The summed E-state index contributed by atoms with van der Waals surface area (Å²) in [5, 5.41) is 9.56. The number of aromatic amines is 1. The molecule has 1 saturated carbocycles. The molecule has 1 heterocycles. The average Bonchev–Trinajstić information content (AvgIpc) is 3.00. The molecule has 0 atom stereocenters. The summed E-state index contributed by atoms with van der Waals surface area (Å²) in [6.07, 6.45) is 6.44. The topological polar surface area (TPSA) is 48.9 Å². The molecule has 1 aliphatic carbocycles. The molecule has 130 valence electrons. The van der Waals surface area contributed by atoms with Gasteiger partial charge in [-0.2, -0.15) is 0 Å². The Balaban J connectivity index is 1.34. The summed E-state index contributed by atoms with van der Waals surface area (Å²) in [4.78, 5) is 7.95. The first-order valence-electron chi connectivity index (χ1n) is 9.08. The van der Waals surface area contributed by atoms with Crippen LogP contribution in [0.15, 0.2) is 42.5 Å². The molecule has 0 bridgehead atoms. The molecule has 3 aromatic rings. The van der Waals surface area contributed by atoms with Gasteiger partial charge < -0.3 is 10.1 Å². The van der Waals surface area contributed by atoms with Crippen LogP contribution in [0.25, 0.3) is 11.0 Å². The Morgan fingerprint density at radius 3 is 2.48 bits per heavy atom. The lowest BCUT2D eigenvalue weighted by Gasteiger charge is -2.28. The summed E-state index contributed by atoms with van der Waals surface area (Å²) in [5.74, 6) is 2.40. The number of nitrogens with zero attached hydrogens (tertiary/aromatic N) is 1. The third-order valence-electron chi connectivity index (χ3n) is 5.43. The largest absolute Gasteiger partial charge is 0.508 e. The SMILES string of the molecule is Oc1ccc2nc(CC3CCC(Cc4ccccc4F)CC3)[nH]c2c1. The Hall–Kier alpha value is -2.36. The number of hydrogen-bond acceptors (Lipinski definition) is 2. The number of H-pyrrole nitrogens is 1. The Morgan fingerprint density at radius 1 is 1.00 bits per heavy atom. The van der Waals surface area contributed by atoms with Crippen molar-refractivity contribution in [1.82, 2.24) is 9.97 Å². The molecule has 4 heteroatoms. The van der Waals surface area contributed by atoms with Crippen molar-refractivity contribution >= 4 is 11.0 Å². The van der Waals surface area contributed by atoms with Crippen LogP contribution in [0.3, 0.4) is 0 Å². The van der Waals surface area contributed by atoms with E-state index < -0.39 is 0 Å². The van der Waals surface area contributed by atoms with E-state index in [1.54, 1.807) is 24.3 Å². The maximum absolute atomic E-state index is 13.8. The minimum Gasteiger partial charge on any atom is -0.508 e. The molecule has 25 heavy (non-hydrogen) atoms. The molecular formula is C21H23FN2O. The number of fused-ring (bicyclic) bond motifs is 1. The highest BCUT2D eigenvalue weighted by atomic mass is 19.1. The normalized spacial score (nSPS) is 20.8. The third kappa shape index (κ3) is 3.68. The zero-order valence-corrected chi connectivity index (χ0v) is 14.2. The predicted molar refractivity (Wildman–Crippen MR) is 97.0 cm³/mol. The number of aromatic nitrogens is 2. The van der Waals surface area contributed by atoms with Crippen molar-refractivity contribution < 1.29 is 9.50 Å². The zero-order valence-electron chi connectivity index (χ0n) is 14.2. The number of hydrogen-bond donors (Lipinski definition) is 2. The van der Waals surface area contributed by atoms with E-state index in [1.165, 1.54) is 12.8 Å². The van der Waals surface area contributed by atoms with E-state index in [0.717, 1.165) is 48.1 Å². The maximum Gasteiger partial charge on any atom is 0.126 e. The zero-order chi connectivity index (χ0) is 17.2. The second-order valence-electron chi connectivity index (χ2n) is 7.27. The van der Waals surface area contributed by atoms with Gasteiger partial charge in [0.15, 0.2) is 0 Å². The number of rotatable bonds is 4. The summed E-state index contributed by atoms with van der Waals surface area (Å²) in [5.41, 5.74) is 2.65. The van der Waals surface area contributed by atoms with Crippen LogP contribution in [0.4, 0.5) is 4.39 Å². The first-order chi connectivity index (χ1) is 12.2. The molecule has 2 N–H and O–H groups in total. The average molecular weight is 338 g/mol. The number of benzene rings is 2. The number of aromatic hydroxyl groups is 1. The van der Waals surface area contributed by atoms with Crippen molar-refractivity contribution in [3.05, 3.63) is 59.7 Å². The lowest BCUT2D eigenvalue weighted by atomic mass is 9.78. The van der Waals surface area contributed by atoms with Crippen LogP contribution < -0.4 is 0 Å². The number of nitrogens with one attached hydrogen (secondary N) is 1. The summed E-state index contributed by atoms with van der Waals surface area (Å²) in [6.45, 7) is 0. The van der Waals surface area contributed by atoms with Crippen LogP contribution in [0, 0.1) is 17.7 Å². The number of phenols is 1. The van der Waals surface area contributed by atoms with Gasteiger partial charge in [0.1, 0.15) is 17.4 Å². The monoisotopic (exact) mass is 338 g/mol. The molecule has 2 aromatic carbocycles. The third-order valence-corrected chi connectivity index (χ3v) is 5.43. The Bertz CT molecular complexity index is 865. The summed E-state index contributed by atoms with van der Waals surface area (Å²) in [6, 6.07) is 12.4. The van der Waals surface area contributed by atoms with Crippen LogP contribution in [-0.2, 0) is 12.8 Å². The fraction of sp³-hybridized carbons (Fsp3) is 0.381. The summed E-state index contributed by atoms with van der Waals surface area (Å²) < 4.78 is 13.8. The van der Waals surface area contributed by atoms with Gasteiger partial charge >= 0.3 is 0 Å². The van der Waals surface area contributed by atoms with Gasteiger partial charge in [0.25, 0.3) is 0 Å². The Morgan fingerprint density at radius 2 is 1.72 bits per heavy atom. The van der Waals surface area contributed by atoms with Gasteiger partial charge in [-0.3, -0.25) is 0 Å². The molecule has 4 rings (SSSR count). The molecule has 0 amide bonds. The van der Waals surface area contributed by atoms with E-state index >= 15 is 0 Å². The van der Waals surface area contributed by atoms with E-state index in [9.17, 15) is 9.50 Å². The molecular weight excluding hydrogens is 315 g/mol. The van der Waals surface area contributed by atoms with Gasteiger partial charge in [0, 0.05) is 12.5 Å². The van der Waals surface area contributed by atoms with Crippen LogP contribution in [-0.4, -0.2) is 15.1 Å². The first kappa shape index (κ1) is 16.1. The molecule has 1 fully saturated rings. The number of imidazole rings is 1. The molecule has 1 aromatic heterocycles. The summed E-state index contributed by atoms with van der Waals surface area (Å²) in [7, 11) is 0. The number of phenolic OH excluding ortho intramolecular Hbond substituents is 1. The maximum atomic E-state index is 13.8. The quantitative estimate of drug-likeness (QED) is 0.703. The molecule has 0 spiro atoms. The van der Waals surface area contributed by atoms with Crippen molar-refractivity contribution in [2.45, 2.75) is 38.5 Å². The van der Waals surface area contributed by atoms with E-state index in [-0.39, 0.29) is 11.6 Å². The minimum absolute atomic E-state index is 0.0739. The lowest BCUT2D eigenvalue weighted by molar-refractivity contribution is 0.268. The highest BCUT2D eigenvalue weighted by Crippen LogP contribution is 2.33. The van der Waals surface area contributed by atoms with Crippen LogP contribution in [0.1, 0.15) is 37.1 Å². The Kier molecular flexibility index (Phi) is 4.43. The van der Waals surface area contributed by atoms with Gasteiger partial charge in [-0.05, 0) is 67.7 Å². The predicted octanol–water partition coefficient (Wildman–Crippen LogP) is 5.00. The van der Waals surface area contributed by atoms with Crippen molar-refractivity contribution in [2.75, 3.05) is 0 Å². The van der Waals surface area contributed by atoms with Crippen LogP contribution >= 0.6 is 0 Å². The highest BCUT2D eigenvalue weighted by Gasteiger charge is 2.23. The standard InChI is InChI=1S/C21H23FN2O/c22-18-4-2-1-3-16(18)11-14-5-7-15(8-6-14)12-21-23-19-10-9-17(25)13-20(19)24-21/h1-4,9-10,13-15,25H,5-8,11-12H2,(H,23,24).